The van der Waals surface area contributed by atoms with Gasteiger partial charge in [-0.05, 0) is 102 Å². The largest absolute Gasteiger partial charge is 0.376 e. The van der Waals surface area contributed by atoms with Gasteiger partial charge in [-0.3, -0.25) is 0 Å². The molecule has 0 bridgehead atoms. The summed E-state index contributed by atoms with van der Waals surface area (Å²) in [6.45, 7) is 0. The van der Waals surface area contributed by atoms with Crippen LogP contribution in [0.2, 0.25) is 0 Å². The summed E-state index contributed by atoms with van der Waals surface area (Å²) in [5.74, 6) is 0. The zero-order chi connectivity index (χ0) is 34.9. The Morgan fingerprint density at radius 3 is 1.21 bits per heavy atom. The van der Waals surface area contributed by atoms with E-state index in [4.69, 9.17) is 0 Å². The lowest BCUT2D eigenvalue weighted by Gasteiger charge is -2.46. The molecule has 2 nitrogen and oxygen atoms in total. The molecular weight excluding hydrogens is 633 g/mol. The van der Waals surface area contributed by atoms with Crippen LogP contribution in [0.25, 0.3) is 54.6 Å². The maximum absolute atomic E-state index is 13.8. The first kappa shape index (κ1) is 30.5. The molecule has 1 aliphatic carbocycles. The van der Waals surface area contributed by atoms with E-state index >= 15 is 0 Å². The lowest BCUT2D eigenvalue weighted by atomic mass is 9.62. The molecular formula is C50H34O2. The number of fused-ring (bicyclic) bond motifs is 6. The van der Waals surface area contributed by atoms with Gasteiger partial charge in [0.05, 0.1) is 0 Å². The molecule has 1 aliphatic rings. The van der Waals surface area contributed by atoms with Crippen LogP contribution in [0.15, 0.2) is 194 Å². The Kier molecular flexibility index (Phi) is 6.81. The molecule has 52 heavy (non-hydrogen) atoms. The fourth-order valence-electron chi connectivity index (χ4n) is 8.51. The molecule has 0 radical (unpaired) electrons. The van der Waals surface area contributed by atoms with Crippen molar-refractivity contribution in [2.75, 3.05) is 0 Å². The average Bonchev–Trinajstić information content (AvgIpc) is 3.22. The molecule has 0 saturated carbocycles. The van der Waals surface area contributed by atoms with Gasteiger partial charge in [-0.15, -0.1) is 0 Å². The Morgan fingerprint density at radius 2 is 0.673 bits per heavy atom. The highest BCUT2D eigenvalue weighted by Crippen LogP contribution is 2.55. The van der Waals surface area contributed by atoms with E-state index in [-0.39, 0.29) is 0 Å². The first-order chi connectivity index (χ1) is 25.5. The van der Waals surface area contributed by atoms with Crippen LogP contribution in [-0.2, 0) is 11.2 Å². The highest BCUT2D eigenvalue weighted by Gasteiger charge is 2.51. The third-order valence-corrected chi connectivity index (χ3v) is 11.1. The molecule has 10 rings (SSSR count). The molecule has 9 aromatic carbocycles. The summed E-state index contributed by atoms with van der Waals surface area (Å²) in [7, 11) is 0. The van der Waals surface area contributed by atoms with Gasteiger partial charge in [0, 0.05) is 22.3 Å². The van der Waals surface area contributed by atoms with Crippen LogP contribution in [0.1, 0.15) is 33.4 Å². The van der Waals surface area contributed by atoms with Crippen LogP contribution in [-0.4, -0.2) is 10.2 Å². The van der Waals surface area contributed by atoms with E-state index in [9.17, 15) is 10.2 Å². The van der Waals surface area contributed by atoms with Crippen LogP contribution in [0.4, 0.5) is 0 Å². The zero-order valence-corrected chi connectivity index (χ0v) is 28.4. The minimum atomic E-state index is -1.60. The van der Waals surface area contributed by atoms with E-state index in [1.807, 2.05) is 72.8 Å². The second-order valence-electron chi connectivity index (χ2n) is 14.0. The van der Waals surface area contributed by atoms with Crippen molar-refractivity contribution in [2.45, 2.75) is 11.2 Å². The number of aliphatic hydroxyl groups is 2. The van der Waals surface area contributed by atoms with Crippen LogP contribution in [0.3, 0.4) is 0 Å². The standard InChI is InChI=1S/C50H34O2/c51-49(41-22-11-20-36(27-41)33-13-3-1-4-14-33)45-29-38-18-7-8-19-39(38)30-46(45)50(52,42-23-12-21-37(28-42)34-15-5-2-6-16-34)48-32-44-40(31-47(48)49)26-25-35-17-9-10-24-43(35)44/h1-32,51-52H. The van der Waals surface area contributed by atoms with Crippen molar-refractivity contribution in [3.63, 3.8) is 0 Å². The normalized spacial score (nSPS) is 18.0. The maximum Gasteiger partial charge on any atom is 0.141 e. The van der Waals surface area contributed by atoms with Gasteiger partial charge in [-0.25, -0.2) is 0 Å². The molecule has 2 atom stereocenters. The lowest BCUT2D eigenvalue weighted by molar-refractivity contribution is 0.0753. The molecule has 2 heteroatoms. The zero-order valence-electron chi connectivity index (χ0n) is 28.4. The van der Waals surface area contributed by atoms with Crippen LogP contribution in [0.5, 0.6) is 0 Å². The number of hydrogen-bond donors (Lipinski definition) is 2. The van der Waals surface area contributed by atoms with Crippen molar-refractivity contribution in [1.82, 2.24) is 0 Å². The molecule has 0 fully saturated rings. The van der Waals surface area contributed by atoms with E-state index in [2.05, 4.69) is 121 Å². The Labute approximate surface area is 302 Å². The van der Waals surface area contributed by atoms with Gasteiger partial charge in [0.2, 0.25) is 0 Å². The third kappa shape index (κ3) is 4.52. The summed E-state index contributed by atoms with van der Waals surface area (Å²) in [6.07, 6.45) is 0. The topological polar surface area (TPSA) is 40.5 Å². The predicted octanol–water partition coefficient (Wildman–Crippen LogP) is 11.4. The summed E-state index contributed by atoms with van der Waals surface area (Å²) < 4.78 is 0. The summed E-state index contributed by atoms with van der Waals surface area (Å²) >= 11 is 0. The van der Waals surface area contributed by atoms with Gasteiger partial charge in [-0.2, -0.15) is 0 Å². The number of benzene rings is 9. The Morgan fingerprint density at radius 1 is 0.269 bits per heavy atom. The predicted molar refractivity (Wildman–Crippen MR) is 213 cm³/mol. The van der Waals surface area contributed by atoms with Crippen molar-refractivity contribution in [3.8, 4) is 22.3 Å². The molecule has 2 N–H and O–H groups in total. The summed E-state index contributed by atoms with van der Waals surface area (Å²) in [5, 5.41) is 33.8. The van der Waals surface area contributed by atoms with Gasteiger partial charge in [-0.1, -0.05) is 158 Å². The fraction of sp³-hybridized carbons (Fsp3) is 0.0400. The maximum atomic E-state index is 13.8. The Hall–Kier alpha value is -6.32. The molecule has 2 unspecified atom stereocenters. The molecule has 0 amide bonds. The summed E-state index contributed by atoms with van der Waals surface area (Å²) in [5.41, 5.74) is 5.11. The Balaban J connectivity index is 1.35. The molecule has 0 heterocycles. The van der Waals surface area contributed by atoms with Gasteiger partial charge in [0.15, 0.2) is 0 Å². The third-order valence-electron chi connectivity index (χ3n) is 11.1. The van der Waals surface area contributed by atoms with Crippen LogP contribution >= 0.6 is 0 Å². The van der Waals surface area contributed by atoms with Crippen LogP contribution in [0, 0.1) is 0 Å². The van der Waals surface area contributed by atoms with E-state index < -0.39 is 11.2 Å². The van der Waals surface area contributed by atoms with Crippen molar-refractivity contribution in [3.05, 3.63) is 228 Å². The molecule has 9 aromatic rings. The van der Waals surface area contributed by atoms with Gasteiger partial charge in [0.1, 0.15) is 11.2 Å². The molecule has 0 aliphatic heterocycles. The van der Waals surface area contributed by atoms with E-state index in [1.165, 1.54) is 0 Å². The second-order valence-corrected chi connectivity index (χ2v) is 14.0. The van der Waals surface area contributed by atoms with E-state index in [0.717, 1.165) is 65.7 Å². The van der Waals surface area contributed by atoms with Gasteiger partial charge < -0.3 is 10.2 Å². The average molecular weight is 667 g/mol. The first-order valence-corrected chi connectivity index (χ1v) is 17.8. The lowest BCUT2D eigenvalue weighted by Crippen LogP contribution is -2.44. The second kappa shape index (κ2) is 11.6. The van der Waals surface area contributed by atoms with Crippen molar-refractivity contribution in [1.29, 1.82) is 0 Å². The smallest absolute Gasteiger partial charge is 0.141 e. The number of rotatable bonds is 4. The molecule has 0 saturated heterocycles. The molecule has 246 valence electrons. The monoisotopic (exact) mass is 666 g/mol. The highest BCUT2D eigenvalue weighted by molar-refractivity contribution is 6.08. The van der Waals surface area contributed by atoms with E-state index in [1.54, 1.807) is 0 Å². The Bertz CT molecular complexity index is 2820. The fourth-order valence-corrected chi connectivity index (χ4v) is 8.51. The van der Waals surface area contributed by atoms with Crippen LogP contribution < -0.4 is 0 Å². The summed E-state index contributed by atoms with van der Waals surface area (Å²) in [6, 6.07) is 66.3. The van der Waals surface area contributed by atoms with Crippen molar-refractivity contribution in [2.24, 2.45) is 0 Å². The summed E-state index contributed by atoms with van der Waals surface area (Å²) in [4.78, 5) is 0. The highest BCUT2D eigenvalue weighted by atomic mass is 16.3. The number of hydrogen-bond acceptors (Lipinski definition) is 2. The van der Waals surface area contributed by atoms with E-state index in [0.29, 0.717) is 22.3 Å². The molecule has 0 aromatic heterocycles. The SMILES string of the molecule is OC1(c2cccc(-c3ccccc3)c2)c2cc3ccccc3cc2C(O)(c2cccc(-c3ccccc3)c2)c2cc3c(ccc4ccccc43)cc21. The van der Waals surface area contributed by atoms with Crippen molar-refractivity contribution < 1.29 is 10.2 Å². The minimum absolute atomic E-state index is 0.663. The van der Waals surface area contributed by atoms with Gasteiger partial charge >= 0.3 is 0 Å². The quantitative estimate of drug-likeness (QED) is 0.184. The van der Waals surface area contributed by atoms with Gasteiger partial charge in [0.25, 0.3) is 0 Å². The molecule has 0 spiro atoms. The minimum Gasteiger partial charge on any atom is -0.376 e. The first-order valence-electron chi connectivity index (χ1n) is 17.8. The van der Waals surface area contributed by atoms with Crippen molar-refractivity contribution >= 4 is 32.3 Å².